The number of amides is 1. The summed E-state index contributed by atoms with van der Waals surface area (Å²) < 4.78 is 28.2. The van der Waals surface area contributed by atoms with Gasteiger partial charge in [-0.1, -0.05) is 0 Å². The first-order valence-electron chi connectivity index (χ1n) is 6.72. The van der Waals surface area contributed by atoms with Crippen LogP contribution in [0.25, 0.3) is 0 Å². The predicted octanol–water partition coefficient (Wildman–Crippen LogP) is 0.770. The molecule has 0 spiro atoms. The molecule has 2 fully saturated rings. The van der Waals surface area contributed by atoms with E-state index in [9.17, 15) is 18.0 Å². The number of nitrogens with zero attached hydrogens (tertiary/aromatic N) is 1. The van der Waals surface area contributed by atoms with Crippen molar-refractivity contribution in [2.75, 3.05) is 11.5 Å². The number of hydrogen-bond acceptors (Lipinski definition) is 5. The Bertz CT molecular complexity index is 687. The zero-order valence-corrected chi connectivity index (χ0v) is 12.0. The summed E-state index contributed by atoms with van der Waals surface area (Å²) >= 11 is 0. The molecule has 1 aromatic rings. The molecule has 0 bridgehead atoms. The minimum Gasteiger partial charge on any atom is -0.478 e. The van der Waals surface area contributed by atoms with Gasteiger partial charge < -0.3 is 14.4 Å². The average molecular weight is 313 g/mol. The number of carboxylic acid groups (broad SMARTS) is 1. The summed E-state index contributed by atoms with van der Waals surface area (Å²) in [7, 11) is -3.09. The van der Waals surface area contributed by atoms with Crippen LogP contribution in [-0.2, 0) is 9.84 Å². The van der Waals surface area contributed by atoms with Crippen molar-refractivity contribution in [3.05, 3.63) is 23.7 Å². The Labute approximate surface area is 121 Å². The van der Waals surface area contributed by atoms with E-state index in [1.165, 1.54) is 6.07 Å². The first kappa shape index (κ1) is 14.1. The highest BCUT2D eigenvalue weighted by Crippen LogP contribution is 2.33. The van der Waals surface area contributed by atoms with Gasteiger partial charge in [0.15, 0.2) is 15.6 Å². The lowest BCUT2D eigenvalue weighted by Crippen LogP contribution is -2.42. The molecule has 1 atom stereocenters. The number of rotatable bonds is 4. The molecule has 3 rings (SSSR count). The Morgan fingerprint density at radius 2 is 1.95 bits per heavy atom. The van der Waals surface area contributed by atoms with Crippen molar-refractivity contribution in [1.29, 1.82) is 0 Å². The lowest BCUT2D eigenvalue weighted by molar-refractivity contribution is 0.0646. The number of hydrogen-bond donors (Lipinski definition) is 1. The van der Waals surface area contributed by atoms with Crippen LogP contribution in [-0.4, -0.2) is 53.9 Å². The summed E-state index contributed by atoms with van der Waals surface area (Å²) in [4.78, 5) is 24.9. The maximum atomic E-state index is 12.5. The van der Waals surface area contributed by atoms with Crippen molar-refractivity contribution >= 4 is 21.7 Å². The molecule has 2 aliphatic rings. The fourth-order valence-corrected chi connectivity index (χ4v) is 4.38. The number of carbonyl (C=O) groups is 2. The van der Waals surface area contributed by atoms with Crippen molar-refractivity contribution in [2.45, 2.75) is 31.3 Å². The van der Waals surface area contributed by atoms with E-state index in [0.29, 0.717) is 6.42 Å². The van der Waals surface area contributed by atoms with Gasteiger partial charge in [-0.25, -0.2) is 13.2 Å². The smallest absolute Gasteiger partial charge is 0.338 e. The SMILES string of the molecule is O=C(O)c1coc(C(=O)N(C2CC2)[C@@H]2CCS(=O)(=O)C2)c1. The number of aromatic carboxylic acids is 1. The Morgan fingerprint density at radius 1 is 1.24 bits per heavy atom. The average Bonchev–Trinajstić information content (AvgIpc) is 2.98. The highest BCUT2D eigenvalue weighted by molar-refractivity contribution is 7.91. The van der Waals surface area contributed by atoms with Crippen LogP contribution in [0.2, 0.25) is 0 Å². The molecule has 1 aliphatic carbocycles. The van der Waals surface area contributed by atoms with Crippen molar-refractivity contribution in [3.63, 3.8) is 0 Å². The zero-order chi connectivity index (χ0) is 15.2. The number of carbonyl (C=O) groups excluding carboxylic acids is 1. The van der Waals surface area contributed by atoms with Gasteiger partial charge in [0.1, 0.15) is 6.26 Å². The standard InChI is InChI=1S/C13H15NO6S/c15-12(11-5-8(6-20-11)13(16)17)14(9-1-2-9)10-3-4-21(18,19)7-10/h5-6,9-10H,1-4,7H2,(H,16,17)/t10-/m1/s1. The van der Waals surface area contributed by atoms with Crippen LogP contribution < -0.4 is 0 Å². The van der Waals surface area contributed by atoms with E-state index in [4.69, 9.17) is 9.52 Å². The van der Waals surface area contributed by atoms with Gasteiger partial charge in [-0.15, -0.1) is 0 Å². The quantitative estimate of drug-likeness (QED) is 0.880. The van der Waals surface area contributed by atoms with Gasteiger partial charge in [-0.3, -0.25) is 4.79 Å². The van der Waals surface area contributed by atoms with E-state index in [2.05, 4.69) is 0 Å². The Morgan fingerprint density at radius 3 is 2.43 bits per heavy atom. The minimum absolute atomic E-state index is 0.0261. The molecule has 0 radical (unpaired) electrons. The van der Waals surface area contributed by atoms with E-state index < -0.39 is 21.7 Å². The van der Waals surface area contributed by atoms with Gasteiger partial charge in [0.05, 0.1) is 17.1 Å². The molecule has 1 saturated heterocycles. The summed E-state index contributed by atoms with van der Waals surface area (Å²) in [5.41, 5.74) is -0.0897. The predicted molar refractivity (Wildman–Crippen MR) is 71.9 cm³/mol. The molecule has 114 valence electrons. The molecule has 8 heteroatoms. The normalized spacial score (nSPS) is 23.9. The topological polar surface area (TPSA) is 105 Å². The van der Waals surface area contributed by atoms with Crippen LogP contribution in [0.4, 0.5) is 0 Å². The van der Waals surface area contributed by atoms with Gasteiger partial charge in [0, 0.05) is 18.2 Å². The Hall–Kier alpha value is -1.83. The number of carboxylic acids is 1. The van der Waals surface area contributed by atoms with Crippen LogP contribution in [0.5, 0.6) is 0 Å². The lowest BCUT2D eigenvalue weighted by Gasteiger charge is -2.27. The van der Waals surface area contributed by atoms with Crippen molar-refractivity contribution in [2.24, 2.45) is 0 Å². The molecule has 1 saturated carbocycles. The third-order valence-electron chi connectivity index (χ3n) is 3.83. The van der Waals surface area contributed by atoms with Gasteiger partial charge in [0.2, 0.25) is 0 Å². The minimum atomic E-state index is -3.09. The van der Waals surface area contributed by atoms with E-state index in [0.717, 1.165) is 19.1 Å². The van der Waals surface area contributed by atoms with Gasteiger partial charge in [0.25, 0.3) is 5.91 Å². The first-order chi connectivity index (χ1) is 9.87. The summed E-state index contributed by atoms with van der Waals surface area (Å²) in [6, 6.07) is 0.881. The van der Waals surface area contributed by atoms with Crippen molar-refractivity contribution in [1.82, 2.24) is 4.90 Å². The highest BCUT2D eigenvalue weighted by atomic mass is 32.2. The zero-order valence-electron chi connectivity index (χ0n) is 11.2. The molecule has 0 unspecified atom stereocenters. The Kier molecular flexibility index (Phi) is 3.27. The molecule has 1 amide bonds. The van der Waals surface area contributed by atoms with E-state index in [-0.39, 0.29) is 34.9 Å². The van der Waals surface area contributed by atoms with Crippen LogP contribution in [0.15, 0.2) is 16.7 Å². The summed E-state index contributed by atoms with van der Waals surface area (Å²) in [5.74, 6) is -1.58. The van der Waals surface area contributed by atoms with Crippen molar-refractivity contribution < 1.29 is 27.5 Å². The molecule has 1 aliphatic heterocycles. The number of sulfone groups is 1. The second kappa shape index (κ2) is 4.87. The first-order valence-corrected chi connectivity index (χ1v) is 8.54. The molecule has 2 heterocycles. The summed E-state index contributed by atoms with van der Waals surface area (Å²) in [6.45, 7) is 0. The fourth-order valence-electron chi connectivity index (χ4n) is 2.67. The van der Waals surface area contributed by atoms with Crippen molar-refractivity contribution in [3.8, 4) is 0 Å². The summed E-state index contributed by atoms with van der Waals surface area (Å²) in [5, 5.41) is 8.86. The van der Waals surface area contributed by atoms with Gasteiger partial charge in [-0.05, 0) is 19.3 Å². The molecule has 7 nitrogen and oxygen atoms in total. The van der Waals surface area contributed by atoms with Gasteiger partial charge in [-0.2, -0.15) is 0 Å². The highest BCUT2D eigenvalue weighted by Gasteiger charge is 2.43. The molecule has 1 aromatic heterocycles. The monoisotopic (exact) mass is 313 g/mol. The molecular formula is C13H15NO6S. The van der Waals surface area contributed by atoms with E-state index in [1.807, 2.05) is 0 Å². The third kappa shape index (κ3) is 2.80. The lowest BCUT2D eigenvalue weighted by atomic mass is 10.2. The van der Waals surface area contributed by atoms with E-state index >= 15 is 0 Å². The molecule has 1 N–H and O–H groups in total. The van der Waals surface area contributed by atoms with Crippen LogP contribution in [0.1, 0.15) is 40.2 Å². The van der Waals surface area contributed by atoms with Crippen LogP contribution >= 0.6 is 0 Å². The molecule has 0 aromatic carbocycles. The van der Waals surface area contributed by atoms with Gasteiger partial charge >= 0.3 is 5.97 Å². The second-order valence-corrected chi connectivity index (χ2v) is 7.73. The van der Waals surface area contributed by atoms with Crippen LogP contribution in [0.3, 0.4) is 0 Å². The second-order valence-electron chi connectivity index (χ2n) is 5.51. The largest absolute Gasteiger partial charge is 0.478 e. The Balaban J connectivity index is 1.83. The number of furan rings is 1. The molecular weight excluding hydrogens is 298 g/mol. The van der Waals surface area contributed by atoms with E-state index in [1.54, 1.807) is 4.90 Å². The maximum absolute atomic E-state index is 12.5. The third-order valence-corrected chi connectivity index (χ3v) is 5.58. The van der Waals surface area contributed by atoms with Crippen LogP contribution in [0, 0.1) is 0 Å². The fraction of sp³-hybridized carbons (Fsp3) is 0.538. The summed E-state index contributed by atoms with van der Waals surface area (Å²) in [6.07, 6.45) is 3.13. The maximum Gasteiger partial charge on any atom is 0.338 e. The molecule has 21 heavy (non-hydrogen) atoms.